The van der Waals surface area contributed by atoms with Crippen molar-refractivity contribution in [2.75, 3.05) is 11.1 Å². The summed E-state index contributed by atoms with van der Waals surface area (Å²) < 4.78 is 2.73. The molecular weight excluding hydrogens is 587 g/mol. The van der Waals surface area contributed by atoms with E-state index in [1.165, 1.54) is 29.2 Å². The number of rotatable bonds is 8. The normalized spacial score (nSPS) is 11.0. The van der Waals surface area contributed by atoms with E-state index in [0.717, 1.165) is 10.2 Å². The first kappa shape index (κ1) is 26.5. The van der Waals surface area contributed by atoms with Gasteiger partial charge < -0.3 is 10.6 Å². The van der Waals surface area contributed by atoms with Gasteiger partial charge in [-0.05, 0) is 48.5 Å². The number of thioether (sulfide) groups is 1. The number of nitrogens with zero attached hydrogens (tertiary/aromatic N) is 4. The highest BCUT2D eigenvalue weighted by Crippen LogP contribution is 2.27. The molecule has 0 unspecified atom stereocenters. The maximum atomic E-state index is 12.7. The fourth-order valence-corrected chi connectivity index (χ4v) is 5.85. The zero-order valence-electron chi connectivity index (χ0n) is 19.3. The number of hydrogen-bond donors (Lipinski definition) is 2. The Kier molecular flexibility index (Phi) is 8.15. The molecule has 192 valence electrons. The molecule has 8 nitrogen and oxygen atoms in total. The Morgan fingerprint density at radius 3 is 2.55 bits per heavy atom. The number of benzene rings is 3. The lowest BCUT2D eigenvalue weighted by molar-refractivity contribution is -0.113. The Morgan fingerprint density at radius 1 is 0.947 bits per heavy atom. The van der Waals surface area contributed by atoms with Crippen molar-refractivity contribution in [3.63, 3.8) is 0 Å². The first-order valence-corrected chi connectivity index (χ1v) is 14.0. The molecule has 5 aromatic rings. The van der Waals surface area contributed by atoms with Crippen molar-refractivity contribution < 1.29 is 9.59 Å². The molecule has 0 spiro atoms. The number of anilines is 1. The second-order valence-corrected chi connectivity index (χ2v) is 11.1. The van der Waals surface area contributed by atoms with Crippen molar-refractivity contribution in [1.29, 1.82) is 0 Å². The van der Waals surface area contributed by atoms with Crippen LogP contribution in [0, 0.1) is 0 Å². The summed E-state index contributed by atoms with van der Waals surface area (Å²) in [5.41, 5.74) is 1.80. The Bertz CT molecular complexity index is 1620. The monoisotopic (exact) mass is 602 g/mol. The number of fused-ring (bicyclic) bond motifs is 1. The number of thiazole rings is 1. The molecule has 2 amide bonds. The summed E-state index contributed by atoms with van der Waals surface area (Å²) in [7, 11) is 0. The van der Waals surface area contributed by atoms with Crippen molar-refractivity contribution in [3.8, 4) is 5.69 Å². The van der Waals surface area contributed by atoms with Gasteiger partial charge in [-0.1, -0.05) is 76.1 Å². The molecule has 0 fully saturated rings. The molecule has 5 rings (SSSR count). The fraction of sp³-hybridized carbons (Fsp3) is 0.0800. The largest absolute Gasteiger partial charge is 0.345 e. The SMILES string of the molecule is O=C(CSc1nnc(CNC(=O)c2ccc(Cl)cc2Cl)n1-c1cccc(Cl)c1)Nc1nc2ccccc2s1. The topological polar surface area (TPSA) is 102 Å². The number of hydrogen-bond acceptors (Lipinski definition) is 7. The van der Waals surface area contributed by atoms with E-state index in [-0.39, 0.29) is 28.8 Å². The Morgan fingerprint density at radius 2 is 1.76 bits per heavy atom. The predicted octanol–water partition coefficient (Wildman–Crippen LogP) is 6.50. The third-order valence-corrected chi connectivity index (χ3v) is 7.89. The average Bonchev–Trinajstić information content (AvgIpc) is 3.49. The number of halogens is 3. The van der Waals surface area contributed by atoms with Crippen LogP contribution in [0.3, 0.4) is 0 Å². The van der Waals surface area contributed by atoms with Gasteiger partial charge in [0.1, 0.15) is 0 Å². The number of aromatic nitrogens is 4. The van der Waals surface area contributed by atoms with Gasteiger partial charge in [0.05, 0.1) is 38.8 Å². The fourth-order valence-electron chi connectivity index (χ4n) is 3.52. The zero-order chi connectivity index (χ0) is 26.6. The lowest BCUT2D eigenvalue weighted by atomic mass is 10.2. The highest BCUT2D eigenvalue weighted by Gasteiger charge is 2.19. The molecule has 0 atom stereocenters. The third kappa shape index (κ3) is 6.11. The molecule has 0 aliphatic carbocycles. The summed E-state index contributed by atoms with van der Waals surface area (Å²) in [5, 5.41) is 16.3. The molecule has 38 heavy (non-hydrogen) atoms. The first-order chi connectivity index (χ1) is 18.4. The zero-order valence-corrected chi connectivity index (χ0v) is 23.2. The van der Waals surface area contributed by atoms with Gasteiger partial charge in [0, 0.05) is 10.0 Å². The van der Waals surface area contributed by atoms with Crippen LogP contribution in [0.15, 0.2) is 71.9 Å². The van der Waals surface area contributed by atoms with Gasteiger partial charge >= 0.3 is 0 Å². The average molecular weight is 604 g/mol. The van der Waals surface area contributed by atoms with E-state index in [1.807, 2.05) is 30.3 Å². The van der Waals surface area contributed by atoms with Crippen molar-refractivity contribution in [3.05, 3.63) is 93.2 Å². The summed E-state index contributed by atoms with van der Waals surface area (Å²) in [6.07, 6.45) is 0. The van der Waals surface area contributed by atoms with Crippen LogP contribution in [0.25, 0.3) is 15.9 Å². The second kappa shape index (κ2) is 11.7. The van der Waals surface area contributed by atoms with E-state index in [9.17, 15) is 9.59 Å². The molecule has 0 saturated heterocycles. The minimum atomic E-state index is -0.392. The van der Waals surface area contributed by atoms with Gasteiger partial charge in [0.25, 0.3) is 5.91 Å². The minimum absolute atomic E-state index is 0.0514. The molecule has 2 N–H and O–H groups in total. The Hall–Kier alpha value is -3.15. The van der Waals surface area contributed by atoms with Crippen LogP contribution in [0.5, 0.6) is 0 Å². The van der Waals surface area contributed by atoms with Gasteiger partial charge in [-0.15, -0.1) is 10.2 Å². The van der Waals surface area contributed by atoms with E-state index < -0.39 is 5.91 Å². The van der Waals surface area contributed by atoms with E-state index in [2.05, 4.69) is 25.8 Å². The summed E-state index contributed by atoms with van der Waals surface area (Å²) in [4.78, 5) is 29.8. The summed E-state index contributed by atoms with van der Waals surface area (Å²) in [6.45, 7) is 0.0514. The van der Waals surface area contributed by atoms with Gasteiger partial charge in [0.2, 0.25) is 5.91 Å². The van der Waals surface area contributed by atoms with Crippen molar-refractivity contribution in [2.45, 2.75) is 11.7 Å². The first-order valence-electron chi connectivity index (χ1n) is 11.1. The molecular formula is C25H17Cl3N6O2S2. The molecule has 0 saturated carbocycles. The summed E-state index contributed by atoms with van der Waals surface area (Å²) in [6, 6.07) is 19.4. The predicted molar refractivity (Wildman–Crippen MR) is 153 cm³/mol. The van der Waals surface area contributed by atoms with Crippen LogP contribution in [0.2, 0.25) is 15.1 Å². The van der Waals surface area contributed by atoms with E-state index in [4.69, 9.17) is 34.8 Å². The molecule has 0 radical (unpaired) electrons. The van der Waals surface area contributed by atoms with Crippen LogP contribution >= 0.6 is 57.9 Å². The van der Waals surface area contributed by atoms with Crippen LogP contribution < -0.4 is 10.6 Å². The second-order valence-electron chi connectivity index (χ2n) is 7.84. The smallest absolute Gasteiger partial charge is 0.253 e. The van der Waals surface area contributed by atoms with Crippen molar-refractivity contribution in [1.82, 2.24) is 25.1 Å². The molecule has 0 bridgehead atoms. The van der Waals surface area contributed by atoms with Crippen LogP contribution in [0.4, 0.5) is 5.13 Å². The number of amides is 2. The number of para-hydroxylation sites is 1. The van der Waals surface area contributed by atoms with E-state index >= 15 is 0 Å². The third-order valence-electron chi connectivity index (χ3n) is 5.22. The Balaban J connectivity index is 1.32. The van der Waals surface area contributed by atoms with Gasteiger partial charge in [0.15, 0.2) is 16.1 Å². The van der Waals surface area contributed by atoms with Gasteiger partial charge in [-0.2, -0.15) is 0 Å². The van der Waals surface area contributed by atoms with Gasteiger partial charge in [-0.3, -0.25) is 14.2 Å². The summed E-state index contributed by atoms with van der Waals surface area (Å²) >= 11 is 20.9. The minimum Gasteiger partial charge on any atom is -0.345 e. The molecule has 3 aromatic carbocycles. The maximum absolute atomic E-state index is 12.7. The highest BCUT2D eigenvalue weighted by molar-refractivity contribution is 7.99. The quantitative estimate of drug-likeness (QED) is 0.196. The maximum Gasteiger partial charge on any atom is 0.253 e. The van der Waals surface area contributed by atoms with Crippen molar-refractivity contribution >= 4 is 85.1 Å². The molecule has 2 aromatic heterocycles. The van der Waals surface area contributed by atoms with Crippen molar-refractivity contribution in [2.24, 2.45) is 0 Å². The summed E-state index contributed by atoms with van der Waals surface area (Å²) in [5.74, 6) is -0.111. The van der Waals surface area contributed by atoms with Crippen LogP contribution in [0.1, 0.15) is 16.2 Å². The van der Waals surface area contributed by atoms with Gasteiger partial charge in [-0.25, -0.2) is 4.98 Å². The molecule has 0 aliphatic rings. The molecule has 0 aliphatic heterocycles. The number of carbonyl (C=O) groups excluding carboxylic acids is 2. The van der Waals surface area contributed by atoms with E-state index in [0.29, 0.717) is 31.8 Å². The lowest BCUT2D eigenvalue weighted by Crippen LogP contribution is -2.25. The van der Waals surface area contributed by atoms with E-state index in [1.54, 1.807) is 34.9 Å². The number of nitrogens with one attached hydrogen (secondary N) is 2. The lowest BCUT2D eigenvalue weighted by Gasteiger charge is -2.12. The van der Waals surface area contributed by atoms with Crippen LogP contribution in [-0.2, 0) is 11.3 Å². The standard InChI is InChI=1S/C25H17Cl3N6O2S2/c26-14-4-3-5-16(10-14)34-21(12-29-23(36)17-9-8-15(27)11-18(17)28)32-33-25(34)37-13-22(35)31-24-30-19-6-1-2-7-20(19)38-24/h1-11H,12-13H2,(H,29,36)(H,30,31,35). The van der Waals surface area contributed by atoms with Crippen LogP contribution in [-0.4, -0.2) is 37.3 Å². The highest BCUT2D eigenvalue weighted by atomic mass is 35.5. The number of carbonyl (C=O) groups is 2. The molecule has 2 heterocycles. The molecule has 13 heteroatoms. The Labute approximate surface area is 240 Å².